The predicted molar refractivity (Wildman–Crippen MR) is 67.1 cm³/mol. The van der Waals surface area contributed by atoms with Gasteiger partial charge in [0.2, 0.25) is 10.0 Å². The van der Waals surface area contributed by atoms with Gasteiger partial charge in [-0.15, -0.1) is 0 Å². The molecular formula is C10H17N3O5S. The Hall–Kier alpha value is -1.42. The molecule has 0 fully saturated rings. The van der Waals surface area contributed by atoms with E-state index in [0.717, 1.165) is 0 Å². The summed E-state index contributed by atoms with van der Waals surface area (Å²) in [6.07, 6.45) is 1.30. The average Bonchev–Trinajstić information content (AvgIpc) is 2.78. The molecule has 0 aliphatic carbocycles. The highest BCUT2D eigenvalue weighted by Gasteiger charge is 2.20. The van der Waals surface area contributed by atoms with Crippen molar-refractivity contribution >= 4 is 15.9 Å². The Kier molecular flexibility index (Phi) is 5.06. The van der Waals surface area contributed by atoms with Gasteiger partial charge in [-0.3, -0.25) is 4.79 Å². The smallest absolute Gasteiger partial charge is 0.268 e. The van der Waals surface area contributed by atoms with Crippen LogP contribution in [0.15, 0.2) is 17.2 Å². The van der Waals surface area contributed by atoms with Crippen LogP contribution in [0, 0.1) is 0 Å². The number of sulfonamides is 1. The van der Waals surface area contributed by atoms with E-state index < -0.39 is 35.2 Å². The van der Waals surface area contributed by atoms with Crippen molar-refractivity contribution in [2.24, 2.45) is 7.05 Å². The van der Waals surface area contributed by atoms with Gasteiger partial charge in [0.15, 0.2) is 0 Å². The van der Waals surface area contributed by atoms with Gasteiger partial charge in [0, 0.05) is 13.2 Å². The van der Waals surface area contributed by atoms with E-state index in [2.05, 4.69) is 10.0 Å². The van der Waals surface area contributed by atoms with Gasteiger partial charge in [-0.25, -0.2) is 13.1 Å². The van der Waals surface area contributed by atoms with Crippen LogP contribution in [-0.2, 0) is 17.1 Å². The maximum atomic E-state index is 11.9. The summed E-state index contributed by atoms with van der Waals surface area (Å²) in [5.74, 6) is -0.576. The lowest BCUT2D eigenvalue weighted by atomic mass is 10.3. The van der Waals surface area contributed by atoms with Crippen molar-refractivity contribution in [2.45, 2.75) is 10.9 Å². The fraction of sp³-hybridized carbons (Fsp3) is 0.500. The number of aliphatic hydroxyl groups is 2. The first-order chi connectivity index (χ1) is 8.85. The first-order valence-electron chi connectivity index (χ1n) is 5.48. The Morgan fingerprint density at radius 1 is 1.42 bits per heavy atom. The molecule has 8 nitrogen and oxygen atoms in total. The first kappa shape index (κ1) is 15.6. The lowest BCUT2D eigenvalue weighted by Crippen LogP contribution is -2.40. The first-order valence-corrected chi connectivity index (χ1v) is 6.96. The third kappa shape index (κ3) is 3.53. The summed E-state index contributed by atoms with van der Waals surface area (Å²) in [4.78, 5) is 11.8. The van der Waals surface area contributed by atoms with Crippen molar-refractivity contribution < 1.29 is 23.4 Å². The second-order valence-electron chi connectivity index (χ2n) is 3.92. The molecule has 0 unspecified atom stereocenters. The summed E-state index contributed by atoms with van der Waals surface area (Å²) in [5, 5.41) is 20.1. The topological polar surface area (TPSA) is 121 Å². The number of aliphatic hydroxyl groups excluding tert-OH is 2. The minimum atomic E-state index is -3.62. The fourth-order valence-corrected chi connectivity index (χ4v) is 2.23. The Labute approximate surface area is 111 Å². The van der Waals surface area contributed by atoms with Crippen molar-refractivity contribution in [1.82, 2.24) is 14.6 Å². The summed E-state index contributed by atoms with van der Waals surface area (Å²) in [6, 6.07) is 0.430. The zero-order valence-corrected chi connectivity index (χ0v) is 11.4. The number of nitrogens with zero attached hydrogens (tertiary/aromatic N) is 1. The minimum absolute atomic E-state index is 0.0350. The Morgan fingerprint density at radius 2 is 2.00 bits per heavy atom. The molecule has 19 heavy (non-hydrogen) atoms. The number of aromatic nitrogens is 1. The van der Waals surface area contributed by atoms with Crippen molar-refractivity contribution in [3.63, 3.8) is 0 Å². The number of aryl methyl sites for hydroxylation is 1. The quantitative estimate of drug-likeness (QED) is 0.484. The van der Waals surface area contributed by atoms with Crippen LogP contribution in [0.25, 0.3) is 0 Å². The molecule has 0 saturated heterocycles. The lowest BCUT2D eigenvalue weighted by Gasteiger charge is -2.13. The molecule has 0 aromatic carbocycles. The molecule has 0 radical (unpaired) electrons. The highest BCUT2D eigenvalue weighted by molar-refractivity contribution is 7.89. The third-order valence-corrected chi connectivity index (χ3v) is 3.95. The lowest BCUT2D eigenvalue weighted by molar-refractivity contribution is 0.0871. The summed E-state index contributed by atoms with van der Waals surface area (Å²) >= 11 is 0. The third-order valence-electron chi connectivity index (χ3n) is 2.57. The van der Waals surface area contributed by atoms with E-state index >= 15 is 0 Å². The molecule has 0 aliphatic heterocycles. The zero-order chi connectivity index (χ0) is 14.6. The molecule has 1 amide bonds. The number of amides is 1. The second-order valence-corrected chi connectivity index (χ2v) is 5.80. The van der Waals surface area contributed by atoms with Gasteiger partial charge in [-0.2, -0.15) is 0 Å². The summed E-state index contributed by atoms with van der Waals surface area (Å²) in [7, 11) is -0.825. The van der Waals surface area contributed by atoms with Gasteiger partial charge in [-0.05, 0) is 13.1 Å². The maximum Gasteiger partial charge on any atom is 0.268 e. The number of nitrogens with one attached hydrogen (secondary N) is 2. The molecule has 1 heterocycles. The van der Waals surface area contributed by atoms with Crippen LogP contribution < -0.4 is 10.0 Å². The Morgan fingerprint density at radius 3 is 2.47 bits per heavy atom. The number of carbonyl (C=O) groups is 1. The highest BCUT2D eigenvalue weighted by Crippen LogP contribution is 2.13. The van der Waals surface area contributed by atoms with Crippen LogP contribution in [0.5, 0.6) is 0 Å². The molecule has 1 aromatic heterocycles. The highest BCUT2D eigenvalue weighted by atomic mass is 32.2. The van der Waals surface area contributed by atoms with Crippen LogP contribution in [0.1, 0.15) is 10.5 Å². The molecule has 0 aliphatic rings. The Bertz CT molecular complexity index is 548. The van der Waals surface area contributed by atoms with E-state index in [0.29, 0.717) is 0 Å². The molecule has 1 rings (SSSR count). The van der Waals surface area contributed by atoms with E-state index in [-0.39, 0.29) is 10.6 Å². The van der Waals surface area contributed by atoms with E-state index in [1.165, 1.54) is 30.9 Å². The van der Waals surface area contributed by atoms with Gasteiger partial charge in [0.1, 0.15) is 10.6 Å². The molecule has 0 atom stereocenters. The van der Waals surface area contributed by atoms with Crippen molar-refractivity contribution in [3.8, 4) is 0 Å². The van der Waals surface area contributed by atoms with Gasteiger partial charge in [0.05, 0.1) is 19.3 Å². The van der Waals surface area contributed by atoms with Crippen LogP contribution in [0.4, 0.5) is 0 Å². The van der Waals surface area contributed by atoms with Crippen molar-refractivity contribution in [3.05, 3.63) is 18.0 Å². The van der Waals surface area contributed by atoms with Gasteiger partial charge in [0.25, 0.3) is 5.91 Å². The molecule has 108 valence electrons. The van der Waals surface area contributed by atoms with Gasteiger partial charge in [-0.1, -0.05) is 0 Å². The molecule has 0 saturated carbocycles. The average molecular weight is 291 g/mol. The van der Waals surface area contributed by atoms with Crippen LogP contribution in [0.2, 0.25) is 0 Å². The van der Waals surface area contributed by atoms with E-state index in [1.54, 1.807) is 0 Å². The summed E-state index contributed by atoms with van der Waals surface area (Å²) in [6.45, 7) is -0.817. The Balaban J connectivity index is 3.00. The minimum Gasteiger partial charge on any atom is -0.394 e. The fourth-order valence-electron chi connectivity index (χ4n) is 1.43. The molecular weight excluding hydrogens is 274 g/mol. The predicted octanol–water partition coefficient (Wildman–Crippen LogP) is -1.98. The van der Waals surface area contributed by atoms with Gasteiger partial charge >= 0.3 is 0 Å². The number of rotatable bonds is 6. The van der Waals surface area contributed by atoms with Crippen LogP contribution in [-0.4, -0.2) is 55.4 Å². The largest absolute Gasteiger partial charge is 0.394 e. The molecule has 4 N–H and O–H groups in total. The number of hydrogen-bond acceptors (Lipinski definition) is 5. The van der Waals surface area contributed by atoms with Gasteiger partial charge < -0.3 is 20.1 Å². The second kappa shape index (κ2) is 6.15. The standard InChI is InChI=1S/C10H17N3O5S/c1-11-19(17,18)8-3-9(13(2)4-8)10(16)12-7(5-14)6-15/h3-4,7,11,14-15H,5-6H2,1-2H3,(H,12,16). The van der Waals surface area contributed by atoms with E-state index in [1.807, 2.05) is 0 Å². The molecule has 1 aromatic rings. The molecule has 0 bridgehead atoms. The van der Waals surface area contributed by atoms with E-state index in [4.69, 9.17) is 10.2 Å². The molecule has 0 spiro atoms. The van der Waals surface area contributed by atoms with Crippen LogP contribution in [0.3, 0.4) is 0 Å². The van der Waals surface area contributed by atoms with Crippen molar-refractivity contribution in [1.29, 1.82) is 0 Å². The number of carbonyl (C=O) groups excluding carboxylic acids is 1. The zero-order valence-electron chi connectivity index (χ0n) is 10.6. The monoisotopic (exact) mass is 291 g/mol. The SMILES string of the molecule is CNS(=O)(=O)c1cc(C(=O)NC(CO)CO)n(C)c1. The number of hydrogen-bond donors (Lipinski definition) is 4. The normalized spacial score (nSPS) is 11.8. The summed E-state index contributed by atoms with van der Waals surface area (Å²) in [5.41, 5.74) is 0.112. The summed E-state index contributed by atoms with van der Waals surface area (Å²) < 4.78 is 26.7. The van der Waals surface area contributed by atoms with E-state index in [9.17, 15) is 13.2 Å². The van der Waals surface area contributed by atoms with Crippen LogP contribution >= 0.6 is 0 Å². The molecule has 9 heteroatoms. The maximum absolute atomic E-state index is 11.9. The van der Waals surface area contributed by atoms with Crippen molar-refractivity contribution in [2.75, 3.05) is 20.3 Å².